The van der Waals surface area contributed by atoms with Crippen LogP contribution in [-0.2, 0) is 6.18 Å². The van der Waals surface area contributed by atoms with E-state index >= 15 is 0 Å². The zero-order valence-corrected chi connectivity index (χ0v) is 16.3. The fourth-order valence-electron chi connectivity index (χ4n) is 3.05. The van der Waals surface area contributed by atoms with E-state index in [9.17, 15) is 13.2 Å². The highest BCUT2D eigenvalue weighted by Crippen LogP contribution is 2.43. The molecule has 0 aliphatic rings. The van der Waals surface area contributed by atoms with E-state index in [4.69, 9.17) is 21.5 Å². The van der Waals surface area contributed by atoms with Crippen LogP contribution in [0, 0.1) is 25.2 Å². The van der Waals surface area contributed by atoms with Gasteiger partial charge in [0.15, 0.2) is 0 Å². The molecule has 0 saturated carbocycles. The molecular weight excluding hydrogens is 393 g/mol. The third-order valence-electron chi connectivity index (χ3n) is 4.44. The maximum atomic E-state index is 13.6. The highest BCUT2D eigenvalue weighted by molar-refractivity contribution is 5.76. The Morgan fingerprint density at radius 3 is 2.10 bits per heavy atom. The summed E-state index contributed by atoms with van der Waals surface area (Å²) in [4.78, 5) is 0. The van der Waals surface area contributed by atoms with Crippen molar-refractivity contribution in [1.82, 2.24) is 0 Å². The van der Waals surface area contributed by atoms with Crippen LogP contribution in [0.2, 0.25) is 0 Å². The third-order valence-corrected chi connectivity index (χ3v) is 4.44. The quantitative estimate of drug-likeness (QED) is 0.464. The molecule has 3 rings (SSSR count). The van der Waals surface area contributed by atoms with Gasteiger partial charge >= 0.3 is 6.18 Å². The molecule has 3 aromatic carbocycles. The number of nitriles is 1. The molecule has 0 amide bonds. The first kappa shape index (κ1) is 20.9. The summed E-state index contributed by atoms with van der Waals surface area (Å²) in [5.41, 5.74) is 13.6. The third kappa shape index (κ3) is 4.41. The van der Waals surface area contributed by atoms with Crippen molar-refractivity contribution in [2.45, 2.75) is 20.0 Å². The minimum atomic E-state index is -4.66. The van der Waals surface area contributed by atoms with Gasteiger partial charge in [-0.3, -0.25) is 0 Å². The highest BCUT2D eigenvalue weighted by atomic mass is 19.4. The Kier molecular flexibility index (Phi) is 5.47. The molecule has 0 aliphatic heterocycles. The minimum Gasteiger partial charge on any atom is -0.456 e. The van der Waals surface area contributed by atoms with Gasteiger partial charge in [-0.1, -0.05) is 0 Å². The molecule has 5 N–H and O–H groups in total. The van der Waals surface area contributed by atoms with Crippen molar-refractivity contribution in [2.24, 2.45) is 0 Å². The van der Waals surface area contributed by atoms with Gasteiger partial charge in [0.05, 0.1) is 23.0 Å². The number of nitrogens with one attached hydrogen (secondary N) is 1. The number of aryl methyl sites for hydroxylation is 2. The van der Waals surface area contributed by atoms with E-state index in [1.54, 1.807) is 50.2 Å². The van der Waals surface area contributed by atoms with Crippen LogP contribution < -0.4 is 21.5 Å². The predicted molar refractivity (Wildman–Crippen MR) is 111 cm³/mol. The zero-order valence-electron chi connectivity index (χ0n) is 16.3. The maximum Gasteiger partial charge on any atom is 0.420 e. The number of anilines is 4. The number of alkyl halides is 3. The summed E-state index contributed by atoms with van der Waals surface area (Å²) in [6.45, 7) is 3.42. The number of halogens is 3. The summed E-state index contributed by atoms with van der Waals surface area (Å²) in [6, 6.07) is 13.7. The first-order valence-corrected chi connectivity index (χ1v) is 8.91. The molecule has 0 atom stereocenters. The molecule has 30 heavy (non-hydrogen) atoms. The lowest BCUT2D eigenvalue weighted by atomic mass is 10.1. The van der Waals surface area contributed by atoms with Gasteiger partial charge in [0.2, 0.25) is 0 Å². The van der Waals surface area contributed by atoms with Gasteiger partial charge in [-0.15, -0.1) is 0 Å². The number of benzene rings is 3. The Bertz CT molecular complexity index is 1110. The number of nitrogens with two attached hydrogens (primary N) is 2. The minimum absolute atomic E-state index is 0.0928. The summed E-state index contributed by atoms with van der Waals surface area (Å²) in [6.07, 6.45) is -4.66. The van der Waals surface area contributed by atoms with Crippen LogP contribution in [-0.4, -0.2) is 0 Å². The normalized spacial score (nSPS) is 11.1. The first-order chi connectivity index (χ1) is 14.1. The second-order valence-corrected chi connectivity index (χ2v) is 6.83. The Balaban J connectivity index is 2.06. The number of ether oxygens (including phenoxy) is 1. The molecule has 0 unspecified atom stereocenters. The van der Waals surface area contributed by atoms with E-state index in [0.29, 0.717) is 33.8 Å². The standard InChI is InChI=1S/C22H19F3N4O/c1-12-7-15(27)8-13(2)21(12)30-20-10-19(18(28)9-17(20)22(23,24)25)29-16-5-3-14(11-26)4-6-16/h3-10,29H,27-28H2,1-2H3. The van der Waals surface area contributed by atoms with E-state index in [2.05, 4.69) is 5.32 Å². The molecule has 5 nitrogen and oxygen atoms in total. The van der Waals surface area contributed by atoms with E-state index < -0.39 is 11.7 Å². The summed E-state index contributed by atoms with van der Waals surface area (Å²) in [7, 11) is 0. The van der Waals surface area contributed by atoms with Gasteiger partial charge in [0.25, 0.3) is 0 Å². The van der Waals surface area contributed by atoms with E-state index in [1.165, 1.54) is 6.07 Å². The topological polar surface area (TPSA) is 97.1 Å². The van der Waals surface area contributed by atoms with Crippen LogP contribution in [0.1, 0.15) is 22.3 Å². The first-order valence-electron chi connectivity index (χ1n) is 8.91. The largest absolute Gasteiger partial charge is 0.456 e. The monoisotopic (exact) mass is 412 g/mol. The van der Waals surface area contributed by atoms with Gasteiger partial charge in [0.1, 0.15) is 17.1 Å². The summed E-state index contributed by atoms with van der Waals surface area (Å²) in [5, 5.41) is 11.9. The Morgan fingerprint density at radius 2 is 1.57 bits per heavy atom. The molecule has 0 saturated heterocycles. The van der Waals surface area contributed by atoms with E-state index in [1.807, 2.05) is 6.07 Å². The van der Waals surface area contributed by atoms with E-state index in [0.717, 1.165) is 6.07 Å². The predicted octanol–water partition coefficient (Wildman–Crippen LogP) is 5.89. The number of nitrogens with zero attached hydrogens (tertiary/aromatic N) is 1. The van der Waals surface area contributed by atoms with Crippen LogP contribution in [0.3, 0.4) is 0 Å². The van der Waals surface area contributed by atoms with Crippen molar-refractivity contribution >= 4 is 22.7 Å². The smallest absolute Gasteiger partial charge is 0.420 e. The molecule has 0 radical (unpaired) electrons. The molecule has 3 aromatic rings. The number of rotatable bonds is 4. The lowest BCUT2D eigenvalue weighted by Gasteiger charge is -2.20. The van der Waals surface area contributed by atoms with Crippen molar-refractivity contribution in [1.29, 1.82) is 5.26 Å². The number of hydrogen-bond acceptors (Lipinski definition) is 5. The lowest BCUT2D eigenvalue weighted by molar-refractivity contribution is -0.138. The molecule has 0 fully saturated rings. The van der Waals surface area contributed by atoms with Gasteiger partial charge in [-0.05, 0) is 67.4 Å². The molecular formula is C22H19F3N4O. The van der Waals surface area contributed by atoms with Crippen LogP contribution in [0.4, 0.5) is 35.9 Å². The van der Waals surface area contributed by atoms with E-state index in [-0.39, 0.29) is 17.1 Å². The van der Waals surface area contributed by atoms with Crippen molar-refractivity contribution in [3.05, 3.63) is 70.8 Å². The Labute approximate surface area is 171 Å². The Hall–Kier alpha value is -3.86. The van der Waals surface area contributed by atoms with Crippen LogP contribution in [0.15, 0.2) is 48.5 Å². The van der Waals surface area contributed by atoms with Crippen molar-refractivity contribution < 1.29 is 17.9 Å². The molecule has 0 aromatic heterocycles. The summed E-state index contributed by atoms with van der Waals surface area (Å²) < 4.78 is 46.6. The fourth-order valence-corrected chi connectivity index (χ4v) is 3.05. The molecule has 0 aliphatic carbocycles. The highest BCUT2D eigenvalue weighted by Gasteiger charge is 2.36. The van der Waals surface area contributed by atoms with Crippen LogP contribution in [0.25, 0.3) is 0 Å². The lowest BCUT2D eigenvalue weighted by Crippen LogP contribution is -2.10. The maximum absolute atomic E-state index is 13.6. The second kappa shape index (κ2) is 7.87. The molecule has 0 bridgehead atoms. The average Bonchev–Trinajstić information content (AvgIpc) is 2.66. The molecule has 154 valence electrons. The Morgan fingerprint density at radius 1 is 0.967 bits per heavy atom. The average molecular weight is 412 g/mol. The second-order valence-electron chi connectivity index (χ2n) is 6.83. The van der Waals surface area contributed by atoms with Gasteiger partial charge in [-0.2, -0.15) is 18.4 Å². The zero-order chi connectivity index (χ0) is 22.1. The van der Waals surface area contributed by atoms with Gasteiger partial charge in [0, 0.05) is 17.4 Å². The molecule has 0 heterocycles. The number of nitrogen functional groups attached to an aromatic ring is 2. The van der Waals surface area contributed by atoms with Crippen molar-refractivity contribution in [3.8, 4) is 17.6 Å². The summed E-state index contributed by atoms with van der Waals surface area (Å²) >= 11 is 0. The summed E-state index contributed by atoms with van der Waals surface area (Å²) in [5.74, 6) is -0.0902. The van der Waals surface area contributed by atoms with Gasteiger partial charge in [-0.25, -0.2) is 0 Å². The van der Waals surface area contributed by atoms with Crippen LogP contribution in [0.5, 0.6) is 11.5 Å². The fraction of sp³-hybridized carbons (Fsp3) is 0.136. The molecule has 8 heteroatoms. The van der Waals surface area contributed by atoms with Gasteiger partial charge < -0.3 is 21.5 Å². The van der Waals surface area contributed by atoms with Crippen molar-refractivity contribution in [3.63, 3.8) is 0 Å². The molecule has 0 spiro atoms. The van der Waals surface area contributed by atoms with Crippen molar-refractivity contribution in [2.75, 3.05) is 16.8 Å². The number of hydrogen-bond donors (Lipinski definition) is 3. The van der Waals surface area contributed by atoms with Crippen LogP contribution >= 0.6 is 0 Å². The SMILES string of the molecule is Cc1cc(N)cc(C)c1Oc1cc(Nc2ccc(C#N)cc2)c(N)cc1C(F)(F)F.